The molecule has 138 valence electrons. The van der Waals surface area contributed by atoms with Gasteiger partial charge in [0.2, 0.25) is 5.82 Å². The van der Waals surface area contributed by atoms with Gasteiger partial charge in [-0.25, -0.2) is 14.0 Å². The second kappa shape index (κ2) is 7.96. The maximum absolute atomic E-state index is 13.3. The molecule has 10 heteroatoms. The van der Waals surface area contributed by atoms with Crippen LogP contribution in [0.25, 0.3) is 0 Å². The number of nitrogens with zero attached hydrogens (tertiary/aromatic N) is 3. The molecule has 0 atom stereocenters. The van der Waals surface area contributed by atoms with Gasteiger partial charge in [0, 0.05) is 0 Å². The lowest BCUT2D eigenvalue weighted by Gasteiger charge is -2.07. The summed E-state index contributed by atoms with van der Waals surface area (Å²) in [5, 5.41) is 9.86. The molecule has 0 aliphatic heterocycles. The Hall–Kier alpha value is -3.27. The van der Waals surface area contributed by atoms with Crippen LogP contribution in [0.1, 0.15) is 16.1 Å². The minimum Gasteiger partial charge on any atom is -0.496 e. The van der Waals surface area contributed by atoms with Crippen molar-refractivity contribution in [2.24, 2.45) is 10.7 Å². The number of halogens is 2. The SMILES string of the molecule is COc1ccccc1C(=O)Nc1nonc1C(N)=Nc1ccc(F)c(Br)c1. The normalized spacial score (nSPS) is 11.3. The van der Waals surface area contributed by atoms with Gasteiger partial charge in [0.1, 0.15) is 11.6 Å². The van der Waals surface area contributed by atoms with E-state index >= 15 is 0 Å². The lowest BCUT2D eigenvalue weighted by molar-refractivity contribution is 0.102. The summed E-state index contributed by atoms with van der Waals surface area (Å²) in [5.41, 5.74) is 6.65. The fourth-order valence-corrected chi connectivity index (χ4v) is 2.56. The Bertz CT molecular complexity index is 1020. The number of hydrogen-bond donors (Lipinski definition) is 2. The van der Waals surface area contributed by atoms with Crippen LogP contribution in [0.4, 0.5) is 15.9 Å². The molecule has 0 aliphatic rings. The molecule has 0 spiro atoms. The van der Waals surface area contributed by atoms with Gasteiger partial charge >= 0.3 is 0 Å². The number of para-hydroxylation sites is 1. The second-order valence-electron chi connectivity index (χ2n) is 5.21. The zero-order valence-corrected chi connectivity index (χ0v) is 15.5. The molecule has 0 saturated carbocycles. The lowest BCUT2D eigenvalue weighted by atomic mass is 10.2. The molecule has 0 unspecified atom stereocenters. The summed E-state index contributed by atoms with van der Waals surface area (Å²) < 4.78 is 23.4. The van der Waals surface area contributed by atoms with Crippen molar-refractivity contribution in [1.82, 2.24) is 10.3 Å². The third-order valence-electron chi connectivity index (χ3n) is 3.47. The van der Waals surface area contributed by atoms with Crippen LogP contribution in [-0.4, -0.2) is 29.2 Å². The number of benzene rings is 2. The summed E-state index contributed by atoms with van der Waals surface area (Å²) in [6.07, 6.45) is 0. The van der Waals surface area contributed by atoms with Gasteiger partial charge in [-0.05, 0) is 56.6 Å². The minimum atomic E-state index is -0.485. The first-order valence-electron chi connectivity index (χ1n) is 7.56. The number of aromatic nitrogens is 2. The highest BCUT2D eigenvalue weighted by atomic mass is 79.9. The topological polar surface area (TPSA) is 116 Å². The molecule has 0 bridgehead atoms. The first kappa shape index (κ1) is 18.5. The molecule has 0 fully saturated rings. The largest absolute Gasteiger partial charge is 0.496 e. The van der Waals surface area contributed by atoms with E-state index in [1.165, 1.54) is 25.3 Å². The Balaban J connectivity index is 1.86. The third kappa shape index (κ3) is 4.11. The smallest absolute Gasteiger partial charge is 0.260 e. The van der Waals surface area contributed by atoms with Crippen molar-refractivity contribution in [1.29, 1.82) is 0 Å². The number of nitrogens with two attached hydrogens (primary N) is 1. The first-order valence-corrected chi connectivity index (χ1v) is 8.35. The van der Waals surface area contributed by atoms with Crippen molar-refractivity contribution >= 4 is 39.2 Å². The van der Waals surface area contributed by atoms with Crippen LogP contribution in [0, 0.1) is 5.82 Å². The van der Waals surface area contributed by atoms with Crippen LogP contribution >= 0.6 is 15.9 Å². The quantitative estimate of drug-likeness (QED) is 0.471. The molecule has 1 amide bonds. The first-order chi connectivity index (χ1) is 13.0. The standard InChI is InChI=1S/C17H13BrFN5O3/c1-26-13-5-3-2-4-10(13)17(25)22-16-14(23-27-24-16)15(20)21-9-6-7-12(19)11(18)8-9/h2-8H,1H3,(H2,20,21)(H,22,24,25). The van der Waals surface area contributed by atoms with Crippen molar-refractivity contribution < 1.29 is 18.6 Å². The fraction of sp³-hybridized carbons (Fsp3) is 0.0588. The molecule has 27 heavy (non-hydrogen) atoms. The molecule has 8 nitrogen and oxygen atoms in total. The monoisotopic (exact) mass is 433 g/mol. The fourth-order valence-electron chi connectivity index (χ4n) is 2.19. The van der Waals surface area contributed by atoms with E-state index in [0.29, 0.717) is 17.0 Å². The van der Waals surface area contributed by atoms with Crippen molar-refractivity contribution in [2.45, 2.75) is 0 Å². The van der Waals surface area contributed by atoms with Gasteiger partial charge in [-0.1, -0.05) is 12.1 Å². The van der Waals surface area contributed by atoms with Crippen LogP contribution < -0.4 is 15.8 Å². The third-order valence-corrected chi connectivity index (χ3v) is 4.08. The molecule has 2 aromatic carbocycles. The van der Waals surface area contributed by atoms with E-state index in [0.717, 1.165) is 0 Å². The average molecular weight is 434 g/mol. The van der Waals surface area contributed by atoms with E-state index < -0.39 is 11.7 Å². The number of aliphatic imine (C=N–C) groups is 1. The second-order valence-corrected chi connectivity index (χ2v) is 6.07. The van der Waals surface area contributed by atoms with Crippen molar-refractivity contribution in [2.75, 3.05) is 12.4 Å². The van der Waals surface area contributed by atoms with Gasteiger partial charge in [0.05, 0.1) is 22.8 Å². The molecule has 3 rings (SSSR count). The molecule has 3 N–H and O–H groups in total. The van der Waals surface area contributed by atoms with E-state index in [1.807, 2.05) is 0 Å². The van der Waals surface area contributed by atoms with Crippen LogP contribution in [-0.2, 0) is 0 Å². The summed E-state index contributed by atoms with van der Waals surface area (Å²) in [6, 6.07) is 10.8. The van der Waals surface area contributed by atoms with Crippen molar-refractivity contribution in [3.63, 3.8) is 0 Å². The summed E-state index contributed by atoms with van der Waals surface area (Å²) >= 11 is 3.07. The zero-order valence-electron chi connectivity index (χ0n) is 13.9. The number of carbonyl (C=O) groups excluding carboxylic acids is 1. The number of anilines is 1. The predicted octanol–water partition coefficient (Wildman–Crippen LogP) is 3.27. The Morgan fingerprint density at radius 2 is 2.07 bits per heavy atom. The minimum absolute atomic E-state index is 0.00617. The summed E-state index contributed by atoms with van der Waals surface area (Å²) in [6.45, 7) is 0. The molecule has 0 saturated heterocycles. The van der Waals surface area contributed by atoms with E-state index in [2.05, 4.69) is 41.2 Å². The van der Waals surface area contributed by atoms with Gasteiger partial charge in [0.15, 0.2) is 11.5 Å². The Morgan fingerprint density at radius 3 is 2.81 bits per heavy atom. The van der Waals surface area contributed by atoms with Crippen LogP contribution in [0.15, 0.2) is 56.6 Å². The number of ether oxygens (including phenoxy) is 1. The van der Waals surface area contributed by atoms with Gasteiger partial charge < -0.3 is 15.8 Å². The molecule has 1 heterocycles. The Kier molecular flexibility index (Phi) is 5.46. The summed E-state index contributed by atoms with van der Waals surface area (Å²) in [5.74, 6) is -0.591. The van der Waals surface area contributed by atoms with Crippen molar-refractivity contribution in [3.05, 3.63) is 64.0 Å². The Labute approximate surface area is 161 Å². The number of methoxy groups -OCH3 is 1. The van der Waals surface area contributed by atoms with Gasteiger partial charge in [-0.3, -0.25) is 4.79 Å². The number of carbonyl (C=O) groups is 1. The van der Waals surface area contributed by atoms with E-state index in [4.69, 9.17) is 10.5 Å². The molecule has 0 radical (unpaired) electrons. The van der Waals surface area contributed by atoms with E-state index in [1.54, 1.807) is 24.3 Å². The lowest BCUT2D eigenvalue weighted by Crippen LogP contribution is -2.19. The van der Waals surface area contributed by atoms with E-state index in [9.17, 15) is 9.18 Å². The number of rotatable bonds is 5. The average Bonchev–Trinajstić information content (AvgIpc) is 3.13. The summed E-state index contributed by atoms with van der Waals surface area (Å²) in [7, 11) is 1.46. The maximum atomic E-state index is 13.3. The number of amides is 1. The van der Waals surface area contributed by atoms with E-state index in [-0.39, 0.29) is 21.8 Å². The zero-order chi connectivity index (χ0) is 19.4. The highest BCUT2D eigenvalue weighted by molar-refractivity contribution is 9.10. The van der Waals surface area contributed by atoms with Gasteiger partial charge in [-0.15, -0.1) is 0 Å². The van der Waals surface area contributed by atoms with Crippen LogP contribution in [0.3, 0.4) is 0 Å². The molecule has 3 aromatic rings. The van der Waals surface area contributed by atoms with Gasteiger partial charge in [0.25, 0.3) is 5.91 Å². The highest BCUT2D eigenvalue weighted by Gasteiger charge is 2.19. The van der Waals surface area contributed by atoms with Gasteiger partial charge in [-0.2, -0.15) is 0 Å². The number of amidine groups is 1. The Morgan fingerprint density at radius 1 is 1.30 bits per heavy atom. The van der Waals surface area contributed by atoms with Crippen LogP contribution in [0.2, 0.25) is 0 Å². The van der Waals surface area contributed by atoms with Crippen LogP contribution in [0.5, 0.6) is 5.75 Å². The molecule has 1 aromatic heterocycles. The molecular weight excluding hydrogens is 421 g/mol. The maximum Gasteiger partial charge on any atom is 0.260 e. The molecule has 0 aliphatic carbocycles. The molecular formula is C17H13BrFN5O3. The predicted molar refractivity (Wildman–Crippen MR) is 99.7 cm³/mol. The van der Waals surface area contributed by atoms with Crippen molar-refractivity contribution in [3.8, 4) is 5.75 Å². The summed E-state index contributed by atoms with van der Waals surface area (Å²) in [4.78, 5) is 16.6. The number of nitrogens with one attached hydrogen (secondary N) is 1. The highest BCUT2D eigenvalue weighted by Crippen LogP contribution is 2.23. The number of hydrogen-bond acceptors (Lipinski definition) is 6.